The number of nitrogens with one attached hydrogen (secondary N) is 1. The van der Waals surface area contributed by atoms with Crippen LogP contribution in [0.2, 0.25) is 0 Å². The van der Waals surface area contributed by atoms with E-state index in [1.807, 2.05) is 28.7 Å². The Balaban J connectivity index is 0.00000364. The fourth-order valence-corrected chi connectivity index (χ4v) is 6.23. The first-order valence-electron chi connectivity index (χ1n) is 7.37. The summed E-state index contributed by atoms with van der Waals surface area (Å²) in [5.74, 6) is -0.628. The maximum Gasteiger partial charge on any atom is 1.00 e. The number of carbonyl (C=O) groups is 2. The minimum absolute atomic E-state index is 0. The Morgan fingerprint density at radius 2 is 1.81 bits per heavy atom. The summed E-state index contributed by atoms with van der Waals surface area (Å²) in [5.41, 5.74) is 0.941. The van der Waals surface area contributed by atoms with Crippen LogP contribution in [-0.2, 0) is 11.2 Å². The van der Waals surface area contributed by atoms with Crippen molar-refractivity contribution in [2.24, 2.45) is 0 Å². The van der Waals surface area contributed by atoms with E-state index < -0.39 is 5.97 Å². The second kappa shape index (κ2) is 12.1. The molecular formula is C17H13I3NNaO5. The van der Waals surface area contributed by atoms with E-state index in [-0.39, 0.29) is 55.0 Å². The van der Waals surface area contributed by atoms with Crippen LogP contribution in [0.3, 0.4) is 0 Å². The molecule has 0 heterocycles. The average molecular weight is 715 g/mol. The predicted octanol–water partition coefficient (Wildman–Crippen LogP) is -0.689. The summed E-state index contributed by atoms with van der Waals surface area (Å²) in [4.78, 5) is 23.3. The van der Waals surface area contributed by atoms with Crippen LogP contribution in [0, 0.1) is 10.7 Å². The Morgan fingerprint density at radius 3 is 2.44 bits per heavy atom. The number of benzene rings is 2. The summed E-state index contributed by atoms with van der Waals surface area (Å²) in [6, 6.07) is 8.62. The molecule has 2 aromatic carbocycles. The normalized spacial score (nSPS) is 10.1. The van der Waals surface area contributed by atoms with Gasteiger partial charge in [-0.1, -0.05) is 18.2 Å². The summed E-state index contributed by atoms with van der Waals surface area (Å²) in [6.45, 7) is 0.00480. The van der Waals surface area contributed by atoms with Crippen LogP contribution in [0.25, 0.3) is 0 Å². The molecule has 2 aromatic rings. The van der Waals surface area contributed by atoms with Crippen molar-refractivity contribution >= 4 is 79.6 Å². The number of aliphatic hydroxyl groups is 1. The number of rotatable bonds is 7. The Hall–Kier alpha value is 0.330. The first kappa shape index (κ1) is 25.4. The molecule has 0 bridgehead atoms. The van der Waals surface area contributed by atoms with Crippen molar-refractivity contribution in [3.63, 3.8) is 0 Å². The Labute approximate surface area is 219 Å². The van der Waals surface area contributed by atoms with Crippen LogP contribution in [0.15, 0.2) is 30.3 Å². The Morgan fingerprint density at radius 1 is 1.15 bits per heavy atom. The Kier molecular flexibility index (Phi) is 11.4. The first-order chi connectivity index (χ1) is 12.3. The summed E-state index contributed by atoms with van der Waals surface area (Å²) in [7, 11) is 0. The molecule has 0 unspecified atom stereocenters. The molecule has 0 aliphatic rings. The molecule has 138 valence electrons. The van der Waals surface area contributed by atoms with Crippen LogP contribution in [0.5, 0.6) is 11.5 Å². The second-order valence-corrected chi connectivity index (χ2v) is 8.50. The molecule has 0 saturated carbocycles. The molecule has 0 aliphatic carbocycles. The van der Waals surface area contributed by atoms with E-state index in [9.17, 15) is 14.7 Å². The molecule has 1 amide bonds. The third kappa shape index (κ3) is 6.96. The van der Waals surface area contributed by atoms with Crippen molar-refractivity contribution in [1.82, 2.24) is 5.32 Å². The third-order valence-corrected chi connectivity index (χ3v) is 5.95. The van der Waals surface area contributed by atoms with Crippen LogP contribution >= 0.6 is 67.8 Å². The van der Waals surface area contributed by atoms with Gasteiger partial charge in [0.15, 0.2) is 5.75 Å². The Bertz CT molecular complexity index is 848. The largest absolute Gasteiger partial charge is 1.00 e. The fraction of sp³-hybridized carbons (Fsp3) is 0.176. The number of halogens is 3. The van der Waals surface area contributed by atoms with E-state index >= 15 is 0 Å². The zero-order valence-corrected chi connectivity index (χ0v) is 22.7. The molecule has 0 aromatic heterocycles. The van der Waals surface area contributed by atoms with Gasteiger partial charge in [-0.15, -0.1) is 0 Å². The standard InChI is InChI=1S/C17H14I3NO5.Na/c18-10-8-11(19)16(15(20)14(10)17(25)21-5-6-22)26-12-4-2-1-3-9(12)7-13(23)24;/h1-4,8,22H,5-7H2,(H,21,25)(H,23,24);/q;+1/p-1. The molecule has 2 rings (SSSR count). The van der Waals surface area contributed by atoms with Crippen LogP contribution in [0.4, 0.5) is 0 Å². The van der Waals surface area contributed by atoms with Crippen LogP contribution in [-0.4, -0.2) is 30.1 Å². The summed E-state index contributed by atoms with van der Waals surface area (Å²) >= 11 is 6.22. The number of carboxylic acids is 1. The molecule has 0 aliphatic heterocycles. The average Bonchev–Trinajstić information content (AvgIpc) is 2.57. The maximum absolute atomic E-state index is 12.4. The summed E-state index contributed by atoms with van der Waals surface area (Å²) < 4.78 is 8.13. The van der Waals surface area contributed by atoms with Gasteiger partial charge in [0.05, 0.1) is 19.3 Å². The van der Waals surface area contributed by atoms with Crippen molar-refractivity contribution < 1.29 is 54.1 Å². The number of carbonyl (C=O) groups excluding carboxylic acids is 2. The van der Waals surface area contributed by atoms with E-state index in [1.54, 1.807) is 24.3 Å². The van der Waals surface area contributed by atoms with Gasteiger partial charge in [0.1, 0.15) is 5.75 Å². The van der Waals surface area contributed by atoms with Gasteiger partial charge in [-0.2, -0.15) is 0 Å². The number of hydrogen-bond donors (Lipinski definition) is 2. The number of para-hydroxylation sites is 1. The third-order valence-electron chi connectivity index (χ3n) is 3.27. The molecule has 0 atom stereocenters. The predicted molar refractivity (Wildman–Crippen MR) is 119 cm³/mol. The van der Waals surface area contributed by atoms with E-state index in [4.69, 9.17) is 9.84 Å². The van der Waals surface area contributed by atoms with Crippen molar-refractivity contribution in [2.45, 2.75) is 6.42 Å². The molecule has 0 spiro atoms. The molecule has 2 N–H and O–H groups in total. The molecule has 0 radical (unpaired) electrons. The monoisotopic (exact) mass is 715 g/mol. The minimum atomic E-state index is -1.20. The van der Waals surface area contributed by atoms with Gasteiger partial charge in [-0.3, -0.25) is 4.79 Å². The summed E-state index contributed by atoms with van der Waals surface area (Å²) in [5, 5.41) is 22.5. The smallest absolute Gasteiger partial charge is 0.550 e. The molecular weight excluding hydrogens is 702 g/mol. The van der Waals surface area contributed by atoms with Gasteiger partial charge in [-0.05, 0) is 79.9 Å². The number of carboxylic acid groups (broad SMARTS) is 1. The number of aliphatic carboxylic acids is 1. The molecule has 27 heavy (non-hydrogen) atoms. The van der Waals surface area contributed by atoms with Crippen molar-refractivity contribution in [1.29, 1.82) is 0 Å². The molecule has 6 nitrogen and oxygen atoms in total. The topological polar surface area (TPSA) is 98.7 Å². The van der Waals surface area contributed by atoms with E-state index in [0.717, 1.165) is 7.14 Å². The van der Waals surface area contributed by atoms with Crippen molar-refractivity contribution in [3.05, 3.63) is 52.2 Å². The molecule has 0 fully saturated rings. The zero-order chi connectivity index (χ0) is 19.3. The number of aliphatic hydroxyl groups excluding tert-OH is 1. The minimum Gasteiger partial charge on any atom is -0.550 e. The van der Waals surface area contributed by atoms with Gasteiger partial charge in [0.2, 0.25) is 0 Å². The molecule has 0 saturated heterocycles. The van der Waals surface area contributed by atoms with E-state index in [0.29, 0.717) is 26.2 Å². The number of amides is 1. The zero-order valence-electron chi connectivity index (χ0n) is 14.2. The van der Waals surface area contributed by atoms with Gasteiger partial charge in [-0.25, -0.2) is 0 Å². The van der Waals surface area contributed by atoms with E-state index in [1.165, 1.54) is 0 Å². The van der Waals surface area contributed by atoms with Crippen LogP contribution < -0.4 is 44.7 Å². The summed E-state index contributed by atoms with van der Waals surface area (Å²) in [6.07, 6.45) is -0.266. The quantitative estimate of drug-likeness (QED) is 0.293. The van der Waals surface area contributed by atoms with Gasteiger partial charge in [0, 0.05) is 28.1 Å². The number of hydrogen-bond acceptors (Lipinski definition) is 5. The second-order valence-electron chi connectivity index (χ2n) is 5.10. The fourth-order valence-electron chi connectivity index (χ4n) is 2.15. The van der Waals surface area contributed by atoms with Crippen molar-refractivity contribution in [3.8, 4) is 11.5 Å². The van der Waals surface area contributed by atoms with E-state index in [2.05, 4.69) is 50.5 Å². The van der Waals surface area contributed by atoms with Crippen LogP contribution in [0.1, 0.15) is 15.9 Å². The SMILES string of the molecule is O=C([O-])Cc1ccccc1Oc1c(I)cc(I)c(C(=O)NCCO)c1I.[Na+]. The van der Waals surface area contributed by atoms with Gasteiger partial charge < -0.3 is 25.1 Å². The van der Waals surface area contributed by atoms with Gasteiger partial charge >= 0.3 is 29.6 Å². The maximum atomic E-state index is 12.4. The first-order valence-corrected chi connectivity index (χ1v) is 10.6. The van der Waals surface area contributed by atoms with Crippen molar-refractivity contribution in [2.75, 3.05) is 13.2 Å². The number of ether oxygens (including phenoxy) is 1. The molecule has 10 heteroatoms. The van der Waals surface area contributed by atoms with Gasteiger partial charge in [0.25, 0.3) is 5.91 Å².